The number of hydrogen-bond acceptors (Lipinski definition) is 3. The Morgan fingerprint density at radius 1 is 1.37 bits per heavy atom. The highest BCUT2D eigenvalue weighted by Gasteiger charge is 2.20. The van der Waals surface area contributed by atoms with Crippen molar-refractivity contribution in [3.8, 4) is 0 Å². The topological polar surface area (TPSA) is 38.3 Å². The number of halogens is 1. The van der Waals surface area contributed by atoms with Crippen LogP contribution in [0.25, 0.3) is 0 Å². The predicted molar refractivity (Wildman–Crippen MR) is 81.0 cm³/mol. The van der Waals surface area contributed by atoms with E-state index in [0.29, 0.717) is 0 Å². The number of hydrogen-bond donors (Lipinski definition) is 1. The average molecular weight is 328 g/mol. The summed E-state index contributed by atoms with van der Waals surface area (Å²) < 4.78 is 5.91. The Balaban J connectivity index is 2.66. The molecule has 106 valence electrons. The van der Waals surface area contributed by atoms with Gasteiger partial charge in [-0.05, 0) is 31.0 Å². The van der Waals surface area contributed by atoms with Crippen molar-refractivity contribution in [3.63, 3.8) is 0 Å². The number of unbranched alkanes of at least 4 members (excludes halogenated alkanes) is 1. The van der Waals surface area contributed by atoms with Crippen LogP contribution in [0.2, 0.25) is 0 Å². The fourth-order valence-electron chi connectivity index (χ4n) is 1.97. The Hall–Kier alpha value is -0.870. The molecule has 0 bridgehead atoms. The molecule has 0 spiro atoms. The molecule has 1 rings (SSSR count). The standard InChI is InChI=1S/C15H22BrNO2/c1-4-5-6-14(15(18)19-3)17-11(2)12-7-9-13(16)10-8-12/h7-11,14,17H,4-6H2,1-3H3. The first-order valence-corrected chi connectivity index (χ1v) is 7.47. The van der Waals surface area contributed by atoms with Crippen molar-refractivity contribution >= 4 is 21.9 Å². The molecule has 4 heteroatoms. The van der Waals surface area contributed by atoms with Gasteiger partial charge in [0.05, 0.1) is 7.11 Å². The van der Waals surface area contributed by atoms with Crippen LogP contribution in [0.5, 0.6) is 0 Å². The van der Waals surface area contributed by atoms with E-state index >= 15 is 0 Å². The van der Waals surface area contributed by atoms with Crippen LogP contribution < -0.4 is 5.32 Å². The zero-order chi connectivity index (χ0) is 14.3. The Morgan fingerprint density at radius 3 is 2.53 bits per heavy atom. The maximum Gasteiger partial charge on any atom is 0.322 e. The summed E-state index contributed by atoms with van der Waals surface area (Å²) >= 11 is 3.42. The summed E-state index contributed by atoms with van der Waals surface area (Å²) in [7, 11) is 1.44. The van der Waals surface area contributed by atoms with Gasteiger partial charge in [-0.2, -0.15) is 0 Å². The maximum absolute atomic E-state index is 11.7. The number of methoxy groups -OCH3 is 1. The van der Waals surface area contributed by atoms with Crippen molar-refractivity contribution in [2.24, 2.45) is 0 Å². The summed E-state index contributed by atoms with van der Waals surface area (Å²) in [5, 5.41) is 3.35. The highest BCUT2D eigenvalue weighted by Crippen LogP contribution is 2.18. The van der Waals surface area contributed by atoms with Crippen LogP contribution in [0.4, 0.5) is 0 Å². The largest absolute Gasteiger partial charge is 0.468 e. The minimum atomic E-state index is -0.233. The first-order valence-electron chi connectivity index (χ1n) is 6.67. The van der Waals surface area contributed by atoms with Crippen LogP contribution in [0.1, 0.15) is 44.7 Å². The van der Waals surface area contributed by atoms with Crippen LogP contribution >= 0.6 is 15.9 Å². The Morgan fingerprint density at radius 2 is 2.00 bits per heavy atom. The monoisotopic (exact) mass is 327 g/mol. The summed E-state index contributed by atoms with van der Waals surface area (Å²) in [6.45, 7) is 4.18. The lowest BCUT2D eigenvalue weighted by Gasteiger charge is -2.21. The van der Waals surface area contributed by atoms with Crippen molar-refractivity contribution in [3.05, 3.63) is 34.3 Å². The molecule has 2 unspecified atom stereocenters. The normalized spacial score (nSPS) is 13.9. The molecular formula is C15H22BrNO2. The van der Waals surface area contributed by atoms with Crippen LogP contribution in [0.3, 0.4) is 0 Å². The second-order valence-electron chi connectivity index (χ2n) is 4.66. The minimum absolute atomic E-state index is 0.119. The van der Waals surface area contributed by atoms with Gasteiger partial charge in [-0.25, -0.2) is 0 Å². The third kappa shape index (κ3) is 5.33. The predicted octanol–water partition coefficient (Wildman–Crippen LogP) is 3.83. The van der Waals surface area contributed by atoms with Gasteiger partial charge < -0.3 is 4.74 Å². The van der Waals surface area contributed by atoms with Crippen molar-refractivity contribution in [2.75, 3.05) is 7.11 Å². The van der Waals surface area contributed by atoms with E-state index < -0.39 is 0 Å². The highest BCUT2D eigenvalue weighted by molar-refractivity contribution is 9.10. The van der Waals surface area contributed by atoms with E-state index in [1.165, 1.54) is 7.11 Å². The van der Waals surface area contributed by atoms with Crippen LogP contribution in [0, 0.1) is 0 Å². The molecule has 0 aliphatic heterocycles. The molecule has 0 saturated carbocycles. The molecule has 3 nitrogen and oxygen atoms in total. The van der Waals surface area contributed by atoms with Crippen molar-refractivity contribution in [1.29, 1.82) is 0 Å². The lowest BCUT2D eigenvalue weighted by atomic mass is 10.0. The quantitative estimate of drug-likeness (QED) is 0.773. The fraction of sp³-hybridized carbons (Fsp3) is 0.533. The molecule has 0 saturated heterocycles. The van der Waals surface area contributed by atoms with Gasteiger partial charge in [0.15, 0.2) is 0 Å². The zero-order valence-corrected chi connectivity index (χ0v) is 13.4. The molecule has 1 N–H and O–H groups in total. The van der Waals surface area contributed by atoms with E-state index in [0.717, 1.165) is 29.3 Å². The van der Waals surface area contributed by atoms with Gasteiger partial charge in [0.2, 0.25) is 0 Å². The SMILES string of the molecule is CCCCC(NC(C)c1ccc(Br)cc1)C(=O)OC. The Bertz CT molecular complexity index is 392. The van der Waals surface area contributed by atoms with Gasteiger partial charge in [-0.1, -0.05) is 47.8 Å². The molecule has 0 amide bonds. The van der Waals surface area contributed by atoms with Gasteiger partial charge in [0.25, 0.3) is 0 Å². The van der Waals surface area contributed by atoms with Crippen LogP contribution in [0.15, 0.2) is 28.7 Å². The third-order valence-corrected chi connectivity index (χ3v) is 3.68. The number of esters is 1. The number of rotatable bonds is 7. The first kappa shape index (κ1) is 16.2. The van der Waals surface area contributed by atoms with Gasteiger partial charge in [-0.15, -0.1) is 0 Å². The molecule has 0 aliphatic carbocycles. The van der Waals surface area contributed by atoms with Gasteiger partial charge in [-0.3, -0.25) is 10.1 Å². The van der Waals surface area contributed by atoms with E-state index in [1.54, 1.807) is 0 Å². The summed E-state index contributed by atoms with van der Waals surface area (Å²) in [6, 6.07) is 8.00. The Labute approximate surface area is 123 Å². The van der Waals surface area contributed by atoms with Crippen LogP contribution in [-0.4, -0.2) is 19.1 Å². The van der Waals surface area contributed by atoms with Crippen LogP contribution in [-0.2, 0) is 9.53 Å². The van der Waals surface area contributed by atoms with E-state index in [1.807, 2.05) is 12.1 Å². The van der Waals surface area contributed by atoms with E-state index in [-0.39, 0.29) is 18.1 Å². The molecule has 1 aromatic carbocycles. The average Bonchev–Trinajstić information content (AvgIpc) is 2.43. The van der Waals surface area contributed by atoms with Gasteiger partial charge >= 0.3 is 5.97 Å². The second-order valence-corrected chi connectivity index (χ2v) is 5.57. The summed E-state index contributed by atoms with van der Waals surface area (Å²) in [5.41, 5.74) is 1.16. The molecule has 1 aromatic rings. The number of benzene rings is 1. The number of carbonyl (C=O) groups excluding carboxylic acids is 1. The Kier molecular flexibility index (Phi) is 7.10. The van der Waals surface area contributed by atoms with Crippen molar-refractivity contribution in [2.45, 2.75) is 45.2 Å². The number of nitrogens with one attached hydrogen (secondary N) is 1. The first-order chi connectivity index (χ1) is 9.08. The van der Waals surface area contributed by atoms with E-state index in [2.05, 4.69) is 47.2 Å². The van der Waals surface area contributed by atoms with Crippen molar-refractivity contribution < 1.29 is 9.53 Å². The number of carbonyl (C=O) groups is 1. The molecule has 0 aliphatic rings. The molecule has 19 heavy (non-hydrogen) atoms. The van der Waals surface area contributed by atoms with Gasteiger partial charge in [0, 0.05) is 10.5 Å². The summed E-state index contributed by atoms with van der Waals surface area (Å²) in [5.74, 6) is -0.183. The highest BCUT2D eigenvalue weighted by atomic mass is 79.9. The molecular weight excluding hydrogens is 306 g/mol. The van der Waals surface area contributed by atoms with E-state index in [9.17, 15) is 4.79 Å². The number of ether oxygens (including phenoxy) is 1. The third-order valence-electron chi connectivity index (χ3n) is 3.15. The molecule has 2 atom stereocenters. The fourth-order valence-corrected chi connectivity index (χ4v) is 2.23. The molecule has 0 aromatic heterocycles. The van der Waals surface area contributed by atoms with E-state index in [4.69, 9.17) is 4.74 Å². The summed E-state index contributed by atoms with van der Waals surface area (Å²) in [4.78, 5) is 11.7. The second kappa shape index (κ2) is 8.33. The minimum Gasteiger partial charge on any atom is -0.468 e. The molecule has 0 heterocycles. The lowest BCUT2D eigenvalue weighted by molar-refractivity contribution is -0.143. The summed E-state index contributed by atoms with van der Waals surface area (Å²) in [6.07, 6.45) is 2.89. The zero-order valence-electron chi connectivity index (χ0n) is 11.8. The molecule has 0 radical (unpaired) electrons. The molecule has 0 fully saturated rings. The van der Waals surface area contributed by atoms with Gasteiger partial charge in [0.1, 0.15) is 6.04 Å². The maximum atomic E-state index is 11.7. The smallest absolute Gasteiger partial charge is 0.322 e. The lowest BCUT2D eigenvalue weighted by Crippen LogP contribution is -2.39. The van der Waals surface area contributed by atoms with Crippen molar-refractivity contribution in [1.82, 2.24) is 5.32 Å².